The number of hydrogen-bond donors (Lipinski definition) is 2. The molecule has 0 spiro atoms. The standard InChI is InChI=1S/C15H20N2O3S/c18-15(17-11-14-8-10-21(19,20)12-14)16-9-4-7-13-5-2-1-3-6-13/h1-7,14H,8-12H2,(H2,16,17,18)/b7-4-/t14-/m1/s1. The lowest BCUT2D eigenvalue weighted by Crippen LogP contribution is -2.38. The van der Waals surface area contributed by atoms with Crippen LogP contribution >= 0.6 is 0 Å². The normalized spacial score (nSPS) is 20.5. The second-order valence-electron chi connectivity index (χ2n) is 5.17. The average Bonchev–Trinajstić information content (AvgIpc) is 2.82. The molecule has 1 aromatic rings. The van der Waals surface area contributed by atoms with E-state index in [-0.39, 0.29) is 23.5 Å². The van der Waals surface area contributed by atoms with Crippen molar-refractivity contribution in [1.82, 2.24) is 10.6 Å². The fourth-order valence-electron chi connectivity index (χ4n) is 2.24. The fraction of sp³-hybridized carbons (Fsp3) is 0.400. The summed E-state index contributed by atoms with van der Waals surface area (Å²) in [6.07, 6.45) is 4.44. The highest BCUT2D eigenvalue weighted by atomic mass is 32.2. The van der Waals surface area contributed by atoms with E-state index in [1.807, 2.05) is 42.5 Å². The number of rotatable bonds is 5. The molecule has 0 aromatic heterocycles. The molecule has 0 bridgehead atoms. The van der Waals surface area contributed by atoms with Crippen LogP contribution in [0, 0.1) is 5.92 Å². The van der Waals surface area contributed by atoms with E-state index in [0.717, 1.165) is 5.56 Å². The fourth-order valence-corrected chi connectivity index (χ4v) is 4.11. The SMILES string of the molecule is O=C(NC/C=C\c1ccccc1)NC[C@H]1CCS(=O)(=O)C1. The van der Waals surface area contributed by atoms with Gasteiger partial charge >= 0.3 is 6.03 Å². The minimum Gasteiger partial charge on any atom is -0.338 e. The van der Waals surface area contributed by atoms with Crippen molar-refractivity contribution < 1.29 is 13.2 Å². The number of benzene rings is 1. The molecule has 1 aliphatic rings. The highest BCUT2D eigenvalue weighted by Gasteiger charge is 2.27. The van der Waals surface area contributed by atoms with E-state index < -0.39 is 9.84 Å². The number of amides is 2. The molecule has 0 unspecified atom stereocenters. The molecule has 0 saturated carbocycles. The second kappa shape index (κ2) is 7.26. The van der Waals surface area contributed by atoms with Gasteiger partial charge in [0.1, 0.15) is 0 Å². The molecule has 2 rings (SSSR count). The lowest BCUT2D eigenvalue weighted by atomic mass is 10.1. The van der Waals surface area contributed by atoms with Crippen LogP contribution in [0.15, 0.2) is 36.4 Å². The lowest BCUT2D eigenvalue weighted by molar-refractivity contribution is 0.240. The lowest BCUT2D eigenvalue weighted by Gasteiger charge is -2.09. The van der Waals surface area contributed by atoms with E-state index in [9.17, 15) is 13.2 Å². The van der Waals surface area contributed by atoms with E-state index in [2.05, 4.69) is 10.6 Å². The number of carbonyl (C=O) groups excluding carboxylic acids is 1. The highest BCUT2D eigenvalue weighted by Crippen LogP contribution is 2.17. The van der Waals surface area contributed by atoms with Gasteiger partial charge < -0.3 is 10.6 Å². The highest BCUT2D eigenvalue weighted by molar-refractivity contribution is 7.91. The minimum absolute atomic E-state index is 0.0422. The number of hydrogen-bond acceptors (Lipinski definition) is 3. The summed E-state index contributed by atoms with van der Waals surface area (Å²) in [6, 6.07) is 9.56. The maximum absolute atomic E-state index is 11.6. The molecule has 0 aliphatic carbocycles. The first kappa shape index (κ1) is 15.6. The average molecular weight is 308 g/mol. The van der Waals surface area contributed by atoms with E-state index >= 15 is 0 Å². The van der Waals surface area contributed by atoms with Crippen LogP contribution in [0.2, 0.25) is 0 Å². The molecule has 1 aliphatic heterocycles. The predicted molar refractivity (Wildman–Crippen MR) is 83.6 cm³/mol. The van der Waals surface area contributed by atoms with Gasteiger partial charge in [0.05, 0.1) is 11.5 Å². The van der Waals surface area contributed by atoms with Crippen LogP contribution in [0.4, 0.5) is 4.79 Å². The van der Waals surface area contributed by atoms with E-state index in [4.69, 9.17) is 0 Å². The summed E-state index contributed by atoms with van der Waals surface area (Å²) in [5.74, 6) is 0.461. The van der Waals surface area contributed by atoms with Crippen molar-refractivity contribution in [2.75, 3.05) is 24.6 Å². The van der Waals surface area contributed by atoms with Gasteiger partial charge in [-0.3, -0.25) is 0 Å². The molecule has 1 fully saturated rings. The molecule has 1 aromatic carbocycles. The Morgan fingerprint density at radius 2 is 2.00 bits per heavy atom. The van der Waals surface area contributed by atoms with Crippen molar-refractivity contribution in [2.24, 2.45) is 5.92 Å². The van der Waals surface area contributed by atoms with Gasteiger partial charge in [0.25, 0.3) is 0 Å². The van der Waals surface area contributed by atoms with Crippen molar-refractivity contribution in [2.45, 2.75) is 6.42 Å². The van der Waals surface area contributed by atoms with Gasteiger partial charge in [-0.1, -0.05) is 42.5 Å². The van der Waals surface area contributed by atoms with Gasteiger partial charge in [-0.05, 0) is 17.9 Å². The van der Waals surface area contributed by atoms with E-state index in [1.165, 1.54) is 0 Å². The summed E-state index contributed by atoms with van der Waals surface area (Å²) in [6.45, 7) is 0.844. The third-order valence-electron chi connectivity index (χ3n) is 3.37. The zero-order valence-electron chi connectivity index (χ0n) is 11.8. The molecule has 6 heteroatoms. The van der Waals surface area contributed by atoms with Gasteiger partial charge in [-0.25, -0.2) is 13.2 Å². The molecule has 0 radical (unpaired) electrons. The first-order valence-corrected chi connectivity index (χ1v) is 8.81. The molecule has 5 nitrogen and oxygen atoms in total. The number of urea groups is 1. The van der Waals surface area contributed by atoms with Crippen LogP contribution in [-0.2, 0) is 9.84 Å². The summed E-state index contributed by atoms with van der Waals surface area (Å²) >= 11 is 0. The Morgan fingerprint density at radius 1 is 1.24 bits per heavy atom. The van der Waals surface area contributed by atoms with Crippen LogP contribution in [0.25, 0.3) is 6.08 Å². The zero-order chi connectivity index (χ0) is 15.1. The van der Waals surface area contributed by atoms with Gasteiger partial charge in [0.15, 0.2) is 9.84 Å². The molecule has 2 N–H and O–H groups in total. The summed E-state index contributed by atoms with van der Waals surface area (Å²) in [7, 11) is -2.88. The number of nitrogens with one attached hydrogen (secondary N) is 2. The third-order valence-corrected chi connectivity index (χ3v) is 5.21. The largest absolute Gasteiger partial charge is 0.338 e. The first-order valence-electron chi connectivity index (χ1n) is 6.99. The van der Waals surface area contributed by atoms with Gasteiger partial charge in [0.2, 0.25) is 0 Å². The Bertz CT molecular complexity index is 597. The zero-order valence-corrected chi connectivity index (χ0v) is 12.6. The van der Waals surface area contributed by atoms with Crippen LogP contribution in [-0.4, -0.2) is 39.0 Å². The number of carbonyl (C=O) groups is 1. The number of sulfone groups is 1. The Labute approximate surface area is 125 Å². The molecule has 1 atom stereocenters. The molecule has 1 heterocycles. The van der Waals surface area contributed by atoms with Gasteiger partial charge in [0, 0.05) is 13.1 Å². The Balaban J connectivity index is 1.63. The van der Waals surface area contributed by atoms with Crippen molar-refractivity contribution in [3.8, 4) is 0 Å². The molecule has 1 saturated heterocycles. The van der Waals surface area contributed by atoms with Crippen molar-refractivity contribution in [1.29, 1.82) is 0 Å². The maximum atomic E-state index is 11.6. The topological polar surface area (TPSA) is 75.3 Å². The minimum atomic E-state index is -2.88. The Morgan fingerprint density at radius 3 is 2.67 bits per heavy atom. The second-order valence-corrected chi connectivity index (χ2v) is 7.40. The Hall–Kier alpha value is -1.82. The first-order chi connectivity index (χ1) is 10.1. The molecular weight excluding hydrogens is 288 g/mol. The molecule has 114 valence electrons. The predicted octanol–water partition coefficient (Wildman–Crippen LogP) is 1.43. The van der Waals surface area contributed by atoms with Crippen molar-refractivity contribution in [3.63, 3.8) is 0 Å². The van der Waals surface area contributed by atoms with E-state index in [0.29, 0.717) is 19.5 Å². The monoisotopic (exact) mass is 308 g/mol. The summed E-state index contributed by atoms with van der Waals surface area (Å²) in [4.78, 5) is 11.6. The van der Waals surface area contributed by atoms with Gasteiger partial charge in [-0.15, -0.1) is 0 Å². The van der Waals surface area contributed by atoms with Crippen LogP contribution in [0.3, 0.4) is 0 Å². The van der Waals surface area contributed by atoms with Crippen LogP contribution < -0.4 is 10.6 Å². The molecule has 21 heavy (non-hydrogen) atoms. The van der Waals surface area contributed by atoms with Gasteiger partial charge in [-0.2, -0.15) is 0 Å². The quantitative estimate of drug-likeness (QED) is 0.864. The smallest absolute Gasteiger partial charge is 0.315 e. The summed E-state index contributed by atoms with van der Waals surface area (Å²) in [5, 5.41) is 5.42. The van der Waals surface area contributed by atoms with Crippen LogP contribution in [0.1, 0.15) is 12.0 Å². The van der Waals surface area contributed by atoms with Crippen molar-refractivity contribution in [3.05, 3.63) is 42.0 Å². The molecular formula is C15H20N2O3S. The van der Waals surface area contributed by atoms with Crippen molar-refractivity contribution >= 4 is 21.9 Å². The van der Waals surface area contributed by atoms with Crippen LogP contribution in [0.5, 0.6) is 0 Å². The summed E-state index contributed by atoms with van der Waals surface area (Å²) < 4.78 is 22.6. The molecule has 2 amide bonds. The third kappa shape index (κ3) is 5.59. The maximum Gasteiger partial charge on any atom is 0.315 e. The summed E-state index contributed by atoms with van der Waals surface area (Å²) in [5.41, 5.74) is 1.08. The van der Waals surface area contributed by atoms with E-state index in [1.54, 1.807) is 0 Å². The Kier molecular flexibility index (Phi) is 5.38.